The zero-order chi connectivity index (χ0) is 20.4. The molecule has 0 spiro atoms. The van der Waals surface area contributed by atoms with E-state index in [4.69, 9.17) is 0 Å². The SMILES string of the molecule is Cc1ccc(C)c(NC(=O)CSc2nnc3[nH]c(=O)c(-c4ccccc4)nn23)c1. The number of amides is 1. The van der Waals surface area contributed by atoms with Crippen LogP contribution in [0.1, 0.15) is 11.1 Å². The fourth-order valence-electron chi connectivity index (χ4n) is 2.80. The Morgan fingerprint density at radius 3 is 2.72 bits per heavy atom. The Morgan fingerprint density at radius 2 is 1.93 bits per heavy atom. The molecule has 8 nitrogen and oxygen atoms in total. The lowest BCUT2D eigenvalue weighted by atomic mass is 10.1. The Morgan fingerprint density at radius 1 is 1.14 bits per heavy atom. The molecule has 0 aliphatic rings. The van der Waals surface area contributed by atoms with E-state index in [1.54, 1.807) is 12.1 Å². The molecule has 146 valence electrons. The first-order valence-corrected chi connectivity index (χ1v) is 9.91. The summed E-state index contributed by atoms with van der Waals surface area (Å²) >= 11 is 1.20. The third-order valence-corrected chi connectivity index (χ3v) is 5.22. The summed E-state index contributed by atoms with van der Waals surface area (Å²) in [6.07, 6.45) is 0. The van der Waals surface area contributed by atoms with E-state index in [0.717, 1.165) is 16.8 Å². The first-order valence-electron chi connectivity index (χ1n) is 8.92. The van der Waals surface area contributed by atoms with Crippen molar-refractivity contribution in [2.24, 2.45) is 0 Å². The molecule has 4 aromatic rings. The summed E-state index contributed by atoms with van der Waals surface area (Å²) < 4.78 is 1.44. The molecule has 2 heterocycles. The number of aryl methyl sites for hydroxylation is 2. The lowest BCUT2D eigenvalue weighted by Gasteiger charge is -2.08. The Labute approximate surface area is 170 Å². The van der Waals surface area contributed by atoms with Gasteiger partial charge in [0, 0.05) is 11.3 Å². The lowest BCUT2D eigenvalue weighted by Crippen LogP contribution is -2.17. The van der Waals surface area contributed by atoms with E-state index in [-0.39, 0.29) is 28.7 Å². The van der Waals surface area contributed by atoms with Gasteiger partial charge in [0.05, 0.1) is 5.75 Å². The molecule has 0 aliphatic carbocycles. The predicted molar refractivity (Wildman–Crippen MR) is 112 cm³/mol. The number of aromatic nitrogens is 5. The number of rotatable bonds is 5. The number of H-pyrrole nitrogens is 1. The second-order valence-electron chi connectivity index (χ2n) is 6.54. The first kappa shape index (κ1) is 18.9. The third kappa shape index (κ3) is 4.04. The van der Waals surface area contributed by atoms with Gasteiger partial charge in [-0.1, -0.05) is 54.2 Å². The largest absolute Gasteiger partial charge is 0.325 e. The quantitative estimate of drug-likeness (QED) is 0.494. The number of thioether (sulfide) groups is 1. The number of nitrogens with one attached hydrogen (secondary N) is 2. The van der Waals surface area contributed by atoms with E-state index in [0.29, 0.717) is 10.7 Å². The second-order valence-corrected chi connectivity index (χ2v) is 7.48. The van der Waals surface area contributed by atoms with Crippen molar-refractivity contribution in [1.29, 1.82) is 0 Å². The summed E-state index contributed by atoms with van der Waals surface area (Å²) in [7, 11) is 0. The maximum absolute atomic E-state index is 12.4. The molecule has 29 heavy (non-hydrogen) atoms. The maximum Gasteiger partial charge on any atom is 0.279 e. The van der Waals surface area contributed by atoms with Crippen LogP contribution in [0.15, 0.2) is 58.5 Å². The molecule has 4 rings (SSSR count). The Bertz CT molecular complexity index is 1250. The molecule has 0 saturated carbocycles. The third-order valence-electron chi connectivity index (χ3n) is 4.30. The zero-order valence-electron chi connectivity index (χ0n) is 15.8. The van der Waals surface area contributed by atoms with Gasteiger partial charge in [-0.05, 0) is 31.0 Å². The van der Waals surface area contributed by atoms with E-state index in [1.165, 1.54) is 16.3 Å². The number of hydrogen-bond acceptors (Lipinski definition) is 6. The molecule has 9 heteroatoms. The van der Waals surface area contributed by atoms with Gasteiger partial charge >= 0.3 is 0 Å². The number of aromatic amines is 1. The molecule has 2 N–H and O–H groups in total. The fraction of sp³-hybridized carbons (Fsp3) is 0.150. The highest BCUT2D eigenvalue weighted by Gasteiger charge is 2.15. The Hall–Kier alpha value is -3.46. The van der Waals surface area contributed by atoms with E-state index in [9.17, 15) is 9.59 Å². The number of hydrogen-bond donors (Lipinski definition) is 2. The van der Waals surface area contributed by atoms with Crippen LogP contribution < -0.4 is 10.9 Å². The van der Waals surface area contributed by atoms with Crippen LogP contribution in [-0.2, 0) is 4.79 Å². The minimum atomic E-state index is -0.347. The molecule has 0 saturated heterocycles. The van der Waals surface area contributed by atoms with Gasteiger partial charge in [-0.25, -0.2) is 0 Å². The van der Waals surface area contributed by atoms with Crippen LogP contribution in [0, 0.1) is 13.8 Å². The Kier molecular flexibility index (Phi) is 5.13. The van der Waals surface area contributed by atoms with Gasteiger partial charge in [-0.3, -0.25) is 14.6 Å². The molecular weight excluding hydrogens is 388 g/mol. The van der Waals surface area contributed by atoms with Crippen molar-refractivity contribution in [2.75, 3.05) is 11.1 Å². The highest BCUT2D eigenvalue weighted by atomic mass is 32.2. The summed E-state index contributed by atoms with van der Waals surface area (Å²) in [5.41, 5.74) is 3.46. The summed E-state index contributed by atoms with van der Waals surface area (Å²) in [5.74, 6) is 0.204. The molecule has 0 unspecified atom stereocenters. The van der Waals surface area contributed by atoms with Crippen LogP contribution in [0.2, 0.25) is 0 Å². The number of carbonyl (C=O) groups is 1. The molecular formula is C20H18N6O2S. The minimum absolute atomic E-state index is 0.135. The number of nitrogens with zero attached hydrogens (tertiary/aromatic N) is 4. The minimum Gasteiger partial charge on any atom is -0.325 e. The highest BCUT2D eigenvalue weighted by Crippen LogP contribution is 2.19. The van der Waals surface area contributed by atoms with Crippen LogP contribution in [0.5, 0.6) is 0 Å². The van der Waals surface area contributed by atoms with Gasteiger partial charge < -0.3 is 5.32 Å². The van der Waals surface area contributed by atoms with Gasteiger partial charge in [-0.2, -0.15) is 9.61 Å². The summed E-state index contributed by atoms with van der Waals surface area (Å²) in [5, 5.41) is 15.7. The number of anilines is 1. The van der Waals surface area contributed by atoms with Crippen LogP contribution in [0.3, 0.4) is 0 Å². The standard InChI is InChI=1S/C20H18N6O2S/c1-12-8-9-13(2)15(10-12)21-16(27)11-29-20-24-23-19-22-18(28)17(25-26(19)20)14-6-4-3-5-7-14/h3-10H,11H2,1-2H3,(H,21,27)(H,22,23,28). The summed E-state index contributed by atoms with van der Waals surface area (Å²) in [6, 6.07) is 15.0. The van der Waals surface area contributed by atoms with Gasteiger partial charge in [0.15, 0.2) is 5.69 Å². The molecule has 0 atom stereocenters. The maximum atomic E-state index is 12.4. The molecule has 2 aromatic carbocycles. The van der Waals surface area contributed by atoms with Crippen LogP contribution >= 0.6 is 11.8 Å². The Balaban J connectivity index is 1.54. The van der Waals surface area contributed by atoms with E-state index in [1.807, 2.05) is 50.2 Å². The normalized spacial score (nSPS) is 11.0. The van der Waals surface area contributed by atoms with Gasteiger partial charge in [0.1, 0.15) is 0 Å². The average Bonchev–Trinajstić information content (AvgIpc) is 3.11. The smallest absolute Gasteiger partial charge is 0.279 e. The summed E-state index contributed by atoms with van der Waals surface area (Å²) in [6.45, 7) is 3.92. The molecule has 1 amide bonds. The topological polar surface area (TPSA) is 105 Å². The zero-order valence-corrected chi connectivity index (χ0v) is 16.7. The van der Waals surface area contributed by atoms with Crippen molar-refractivity contribution >= 4 is 29.1 Å². The van der Waals surface area contributed by atoms with Crippen molar-refractivity contribution in [3.8, 4) is 11.3 Å². The molecule has 0 aliphatic heterocycles. The lowest BCUT2D eigenvalue weighted by molar-refractivity contribution is -0.113. The monoisotopic (exact) mass is 406 g/mol. The second kappa shape index (κ2) is 7.88. The van der Waals surface area contributed by atoms with E-state index in [2.05, 4.69) is 25.6 Å². The predicted octanol–water partition coefficient (Wildman–Crippen LogP) is 2.83. The van der Waals surface area contributed by atoms with Crippen molar-refractivity contribution in [3.63, 3.8) is 0 Å². The molecule has 0 bridgehead atoms. The highest BCUT2D eigenvalue weighted by molar-refractivity contribution is 7.99. The average molecular weight is 406 g/mol. The van der Waals surface area contributed by atoms with Crippen LogP contribution in [0.25, 0.3) is 17.0 Å². The first-order chi connectivity index (χ1) is 14.0. The van der Waals surface area contributed by atoms with Gasteiger partial charge in [0.2, 0.25) is 11.1 Å². The van der Waals surface area contributed by atoms with Crippen molar-refractivity contribution in [2.45, 2.75) is 19.0 Å². The van der Waals surface area contributed by atoms with Gasteiger partial charge in [0.25, 0.3) is 11.3 Å². The van der Waals surface area contributed by atoms with Crippen molar-refractivity contribution in [3.05, 3.63) is 70.0 Å². The van der Waals surface area contributed by atoms with Crippen LogP contribution in [-0.4, -0.2) is 36.5 Å². The fourth-order valence-corrected chi connectivity index (χ4v) is 3.48. The number of fused-ring (bicyclic) bond motifs is 1. The van der Waals surface area contributed by atoms with Gasteiger partial charge in [-0.15, -0.1) is 10.2 Å². The number of carbonyl (C=O) groups excluding carboxylic acids is 1. The van der Waals surface area contributed by atoms with E-state index >= 15 is 0 Å². The number of benzene rings is 2. The van der Waals surface area contributed by atoms with E-state index < -0.39 is 0 Å². The molecule has 0 radical (unpaired) electrons. The van der Waals surface area contributed by atoms with Crippen molar-refractivity contribution in [1.82, 2.24) is 24.8 Å². The summed E-state index contributed by atoms with van der Waals surface area (Å²) in [4.78, 5) is 27.4. The molecule has 0 fully saturated rings. The van der Waals surface area contributed by atoms with Crippen LogP contribution in [0.4, 0.5) is 5.69 Å². The van der Waals surface area contributed by atoms with Crippen molar-refractivity contribution < 1.29 is 4.79 Å². The molecule has 2 aromatic heterocycles.